The van der Waals surface area contributed by atoms with E-state index < -0.39 is 17.0 Å². The fraction of sp³-hybridized carbons (Fsp3) is 0.846. The summed E-state index contributed by atoms with van der Waals surface area (Å²) in [5.41, 5.74) is -0.718. The maximum atomic E-state index is 11.2. The molecule has 0 amide bonds. The molecule has 5 heteroatoms. The van der Waals surface area contributed by atoms with Gasteiger partial charge in [0.05, 0.1) is 6.61 Å². The van der Waals surface area contributed by atoms with Gasteiger partial charge in [0.1, 0.15) is 16.0 Å². The van der Waals surface area contributed by atoms with E-state index >= 15 is 0 Å². The Morgan fingerprint density at radius 1 is 1.39 bits per heavy atom. The van der Waals surface area contributed by atoms with Crippen molar-refractivity contribution in [3.05, 3.63) is 11.6 Å². The van der Waals surface area contributed by atoms with E-state index in [4.69, 9.17) is 14.2 Å². The van der Waals surface area contributed by atoms with Crippen molar-refractivity contribution in [1.29, 1.82) is 0 Å². The summed E-state index contributed by atoms with van der Waals surface area (Å²) in [6, 6.07) is 0. The van der Waals surface area contributed by atoms with Gasteiger partial charge in [-0.15, -0.1) is 0 Å². The van der Waals surface area contributed by atoms with Crippen LogP contribution in [0.2, 0.25) is 0 Å². The highest BCUT2D eigenvalue weighted by atomic mass is 79.9. The summed E-state index contributed by atoms with van der Waals surface area (Å²) in [5, 5.41) is 11.2. The minimum atomic E-state index is -1.11. The van der Waals surface area contributed by atoms with Crippen LogP contribution in [-0.2, 0) is 14.2 Å². The van der Waals surface area contributed by atoms with E-state index in [0.29, 0.717) is 13.0 Å². The average Bonchev–Trinajstić information content (AvgIpc) is 3.18. The fourth-order valence-electron chi connectivity index (χ4n) is 2.97. The zero-order chi connectivity index (χ0) is 13.6. The Morgan fingerprint density at radius 3 is 2.33 bits per heavy atom. The first kappa shape index (κ1) is 14.5. The van der Waals surface area contributed by atoms with Gasteiger partial charge in [-0.1, -0.05) is 22.0 Å². The van der Waals surface area contributed by atoms with Crippen molar-refractivity contribution in [2.45, 2.75) is 48.5 Å². The second-order valence-electron chi connectivity index (χ2n) is 5.10. The highest BCUT2D eigenvalue weighted by molar-refractivity contribution is 9.09. The maximum Gasteiger partial charge on any atom is 0.183 e. The van der Waals surface area contributed by atoms with Gasteiger partial charge in [-0.05, 0) is 25.8 Å². The summed E-state index contributed by atoms with van der Waals surface area (Å²) in [4.78, 5) is -0.375. The quantitative estimate of drug-likeness (QED) is 0.374. The first-order valence-electron chi connectivity index (χ1n) is 6.16. The Hall–Kier alpha value is 0.0600. The summed E-state index contributed by atoms with van der Waals surface area (Å²) < 4.78 is 16.7. The molecule has 0 aromatic heterocycles. The number of rotatable bonds is 3. The number of halogens is 1. The van der Waals surface area contributed by atoms with E-state index in [9.17, 15) is 5.11 Å². The predicted molar refractivity (Wildman–Crippen MR) is 71.8 cm³/mol. The summed E-state index contributed by atoms with van der Waals surface area (Å²) in [5.74, 6) is -0.823. The van der Waals surface area contributed by atoms with Crippen molar-refractivity contribution < 1.29 is 19.3 Å². The summed E-state index contributed by atoms with van der Waals surface area (Å²) in [6.45, 7) is 4.42. The van der Waals surface area contributed by atoms with Crippen LogP contribution in [0, 0.1) is 0 Å². The number of aliphatic hydroxyl groups is 1. The lowest BCUT2D eigenvalue weighted by molar-refractivity contribution is -0.253. The van der Waals surface area contributed by atoms with Crippen LogP contribution < -0.4 is 0 Å². The van der Waals surface area contributed by atoms with Crippen molar-refractivity contribution in [3.8, 4) is 0 Å². The standard InChI is InChI=1S/C13H21BrO4/c1-5-9(2)13(15)10(14)12(16-3,17-4)7-6-11(13)8-18-11/h5,10,15H,6-8H2,1-4H3. The summed E-state index contributed by atoms with van der Waals surface area (Å²) >= 11 is 3.59. The molecule has 2 rings (SSSR count). The van der Waals surface area contributed by atoms with Crippen LogP contribution in [0.1, 0.15) is 26.7 Å². The van der Waals surface area contributed by atoms with Crippen molar-refractivity contribution >= 4 is 15.9 Å². The molecule has 0 bridgehead atoms. The van der Waals surface area contributed by atoms with Crippen molar-refractivity contribution in [2.24, 2.45) is 0 Å². The van der Waals surface area contributed by atoms with Gasteiger partial charge in [-0.2, -0.15) is 0 Å². The molecule has 0 aromatic rings. The van der Waals surface area contributed by atoms with Gasteiger partial charge < -0.3 is 19.3 Å². The number of hydrogen-bond donors (Lipinski definition) is 1. The largest absolute Gasteiger partial charge is 0.381 e. The minimum Gasteiger partial charge on any atom is -0.381 e. The molecule has 104 valence electrons. The molecule has 3 atom stereocenters. The van der Waals surface area contributed by atoms with Gasteiger partial charge >= 0.3 is 0 Å². The Labute approximate surface area is 116 Å². The molecule has 1 saturated heterocycles. The van der Waals surface area contributed by atoms with E-state index in [2.05, 4.69) is 15.9 Å². The molecular formula is C13H21BrO4. The Morgan fingerprint density at radius 2 is 1.94 bits per heavy atom. The van der Waals surface area contributed by atoms with E-state index in [1.807, 2.05) is 19.9 Å². The molecule has 1 saturated carbocycles. The van der Waals surface area contributed by atoms with Crippen LogP contribution in [0.25, 0.3) is 0 Å². The minimum absolute atomic E-state index is 0.375. The third kappa shape index (κ3) is 1.64. The van der Waals surface area contributed by atoms with Gasteiger partial charge in [0, 0.05) is 20.6 Å². The predicted octanol–water partition coefficient (Wildman–Crippen LogP) is 2.00. The molecule has 18 heavy (non-hydrogen) atoms. The van der Waals surface area contributed by atoms with Crippen LogP contribution in [-0.4, -0.2) is 47.7 Å². The SMILES string of the molecule is CC=C(C)C1(O)C(Br)C(OC)(OC)CCC12CO2. The van der Waals surface area contributed by atoms with E-state index in [1.165, 1.54) is 0 Å². The number of alkyl halides is 1. The number of methoxy groups -OCH3 is 2. The Bertz CT molecular complexity index is 360. The lowest BCUT2D eigenvalue weighted by Gasteiger charge is -2.51. The lowest BCUT2D eigenvalue weighted by atomic mass is 9.68. The zero-order valence-electron chi connectivity index (χ0n) is 11.3. The maximum absolute atomic E-state index is 11.2. The molecule has 0 aromatic carbocycles. The molecule has 1 heterocycles. The monoisotopic (exact) mass is 320 g/mol. The van der Waals surface area contributed by atoms with Gasteiger partial charge in [0.15, 0.2) is 5.79 Å². The third-order valence-electron chi connectivity index (χ3n) is 4.54. The van der Waals surface area contributed by atoms with Crippen molar-refractivity contribution in [1.82, 2.24) is 0 Å². The first-order chi connectivity index (χ1) is 8.42. The normalized spacial score (nSPS) is 43.2. The van der Waals surface area contributed by atoms with E-state index in [0.717, 1.165) is 12.0 Å². The second kappa shape index (κ2) is 4.56. The molecule has 3 unspecified atom stereocenters. The molecule has 1 aliphatic carbocycles. The highest BCUT2D eigenvalue weighted by Gasteiger charge is 2.71. The molecule has 2 aliphatic rings. The molecule has 1 spiro atoms. The topological polar surface area (TPSA) is 51.2 Å². The smallest absolute Gasteiger partial charge is 0.183 e. The average molecular weight is 321 g/mol. The number of epoxide rings is 1. The number of ether oxygens (including phenoxy) is 3. The molecule has 1 aliphatic heterocycles. The van der Waals surface area contributed by atoms with Crippen LogP contribution >= 0.6 is 15.9 Å². The molecular weight excluding hydrogens is 300 g/mol. The van der Waals surface area contributed by atoms with Crippen molar-refractivity contribution in [3.63, 3.8) is 0 Å². The second-order valence-corrected chi connectivity index (χ2v) is 6.02. The van der Waals surface area contributed by atoms with E-state index in [1.54, 1.807) is 14.2 Å². The van der Waals surface area contributed by atoms with Gasteiger partial charge in [-0.25, -0.2) is 0 Å². The number of hydrogen-bond acceptors (Lipinski definition) is 4. The fourth-order valence-corrected chi connectivity index (χ4v) is 4.35. The third-order valence-corrected chi connectivity index (χ3v) is 5.90. The zero-order valence-corrected chi connectivity index (χ0v) is 12.9. The van der Waals surface area contributed by atoms with Gasteiger partial charge in [0.2, 0.25) is 0 Å². The van der Waals surface area contributed by atoms with Gasteiger partial charge in [0.25, 0.3) is 0 Å². The molecule has 2 fully saturated rings. The summed E-state index contributed by atoms with van der Waals surface area (Å²) in [7, 11) is 3.21. The van der Waals surface area contributed by atoms with Crippen molar-refractivity contribution in [2.75, 3.05) is 20.8 Å². The molecule has 4 nitrogen and oxygen atoms in total. The van der Waals surface area contributed by atoms with Crippen LogP contribution in [0.4, 0.5) is 0 Å². The van der Waals surface area contributed by atoms with Crippen LogP contribution in [0.5, 0.6) is 0 Å². The molecule has 1 N–H and O–H groups in total. The van der Waals surface area contributed by atoms with Crippen LogP contribution in [0.15, 0.2) is 11.6 Å². The summed E-state index contributed by atoms with van der Waals surface area (Å²) in [6.07, 6.45) is 3.33. The lowest BCUT2D eigenvalue weighted by Crippen LogP contribution is -2.66. The Kier molecular flexibility index (Phi) is 3.67. The Balaban J connectivity index is 2.45. The van der Waals surface area contributed by atoms with Crippen LogP contribution in [0.3, 0.4) is 0 Å². The van der Waals surface area contributed by atoms with Gasteiger partial charge in [-0.3, -0.25) is 0 Å². The number of allylic oxidation sites excluding steroid dienone is 1. The van der Waals surface area contributed by atoms with E-state index in [-0.39, 0.29) is 4.83 Å². The molecule has 0 radical (unpaired) electrons. The highest BCUT2D eigenvalue weighted by Crippen LogP contribution is 2.57. The first-order valence-corrected chi connectivity index (χ1v) is 7.08.